The van der Waals surface area contributed by atoms with Crippen LogP contribution in [0.25, 0.3) is 11.3 Å². The smallest absolute Gasteiger partial charge is 0.249 e. The van der Waals surface area contributed by atoms with Gasteiger partial charge in [-0.1, -0.05) is 18.2 Å². The molecule has 5 heteroatoms. The summed E-state index contributed by atoms with van der Waals surface area (Å²) in [6, 6.07) is 11.6. The number of nitrogens with zero attached hydrogens (tertiary/aromatic N) is 1. The van der Waals surface area contributed by atoms with Crippen LogP contribution in [-0.4, -0.2) is 24.0 Å². The number of hydrogen-bond acceptors (Lipinski definition) is 3. The minimum Gasteiger partial charge on any atom is -0.366 e. The zero-order chi connectivity index (χ0) is 14.7. The molecule has 3 rings (SSSR count). The lowest BCUT2D eigenvalue weighted by Crippen LogP contribution is -2.28. The van der Waals surface area contributed by atoms with Crippen LogP contribution in [0.3, 0.4) is 0 Å². The number of piperidine rings is 1. The Labute approximate surface area is 136 Å². The van der Waals surface area contributed by atoms with Crippen LogP contribution in [0.4, 0.5) is 0 Å². The molecule has 22 heavy (non-hydrogen) atoms. The van der Waals surface area contributed by atoms with Crippen molar-refractivity contribution in [2.45, 2.75) is 18.8 Å². The van der Waals surface area contributed by atoms with Crippen LogP contribution < -0.4 is 11.1 Å². The van der Waals surface area contributed by atoms with E-state index in [9.17, 15) is 4.79 Å². The fraction of sp³-hybridized carbons (Fsp3) is 0.294. The first-order chi connectivity index (χ1) is 10.3. The number of halogens is 1. The Morgan fingerprint density at radius 2 is 2.14 bits per heavy atom. The summed E-state index contributed by atoms with van der Waals surface area (Å²) in [5, 5.41) is 3.40. The maximum atomic E-state index is 11.8. The van der Waals surface area contributed by atoms with Gasteiger partial charge >= 0.3 is 0 Å². The average molecular weight is 318 g/mol. The molecule has 2 aromatic rings. The van der Waals surface area contributed by atoms with E-state index in [0.29, 0.717) is 11.5 Å². The van der Waals surface area contributed by atoms with Gasteiger partial charge in [0.25, 0.3) is 0 Å². The standard InChI is InChI=1S/C17H19N3O.ClH/c18-17(21)15-10-12(13-4-3-8-19-11-13)6-7-14(15)16-5-1-2-9-20-16;/h1-2,5-7,9-10,13,19H,3-4,8,11H2,(H2,18,21);1H. The molecule has 1 aromatic heterocycles. The molecule has 3 N–H and O–H groups in total. The summed E-state index contributed by atoms with van der Waals surface area (Å²) < 4.78 is 0. The van der Waals surface area contributed by atoms with Crippen LogP contribution in [-0.2, 0) is 0 Å². The molecule has 4 nitrogen and oxygen atoms in total. The summed E-state index contributed by atoms with van der Waals surface area (Å²) in [4.78, 5) is 16.1. The summed E-state index contributed by atoms with van der Waals surface area (Å²) in [5.74, 6) is 0.0518. The molecule has 0 saturated carbocycles. The summed E-state index contributed by atoms with van der Waals surface area (Å²) in [6.45, 7) is 2.03. The highest BCUT2D eigenvalue weighted by molar-refractivity contribution is 5.99. The lowest BCUT2D eigenvalue weighted by atomic mass is 9.89. The van der Waals surface area contributed by atoms with Crippen molar-refractivity contribution in [2.24, 2.45) is 5.73 Å². The lowest BCUT2D eigenvalue weighted by molar-refractivity contribution is 0.100. The SMILES string of the molecule is Cl.NC(=O)c1cc(C2CCCNC2)ccc1-c1ccccn1. The third-order valence-corrected chi connectivity index (χ3v) is 4.02. The highest BCUT2D eigenvalue weighted by Crippen LogP contribution is 2.28. The van der Waals surface area contributed by atoms with Crippen molar-refractivity contribution in [1.82, 2.24) is 10.3 Å². The van der Waals surface area contributed by atoms with E-state index in [4.69, 9.17) is 5.73 Å². The van der Waals surface area contributed by atoms with E-state index < -0.39 is 5.91 Å². The van der Waals surface area contributed by atoms with E-state index in [2.05, 4.69) is 16.4 Å². The average Bonchev–Trinajstić information content (AvgIpc) is 2.56. The quantitative estimate of drug-likeness (QED) is 0.914. The number of hydrogen-bond donors (Lipinski definition) is 2. The number of nitrogens with two attached hydrogens (primary N) is 1. The minimum absolute atomic E-state index is 0. The predicted molar refractivity (Wildman–Crippen MR) is 90.3 cm³/mol. The highest BCUT2D eigenvalue weighted by Gasteiger charge is 2.18. The third-order valence-electron chi connectivity index (χ3n) is 4.02. The molecule has 1 atom stereocenters. The van der Waals surface area contributed by atoms with Crippen molar-refractivity contribution >= 4 is 18.3 Å². The first-order valence-corrected chi connectivity index (χ1v) is 7.31. The van der Waals surface area contributed by atoms with Gasteiger partial charge in [-0.05, 0) is 49.1 Å². The minimum atomic E-state index is -0.402. The van der Waals surface area contributed by atoms with Crippen LogP contribution in [0, 0.1) is 0 Å². The molecule has 1 amide bonds. The van der Waals surface area contributed by atoms with E-state index in [-0.39, 0.29) is 12.4 Å². The Bertz CT molecular complexity index is 640. The Hall–Kier alpha value is -1.91. The molecule has 1 saturated heterocycles. The van der Waals surface area contributed by atoms with Crippen LogP contribution in [0.1, 0.15) is 34.7 Å². The van der Waals surface area contributed by atoms with Gasteiger partial charge in [-0.3, -0.25) is 9.78 Å². The first kappa shape index (κ1) is 16.5. The molecular weight excluding hydrogens is 298 g/mol. The van der Waals surface area contributed by atoms with Crippen LogP contribution in [0.5, 0.6) is 0 Å². The molecule has 0 spiro atoms. The number of primary amides is 1. The second-order valence-electron chi connectivity index (χ2n) is 5.43. The number of rotatable bonds is 3. The molecule has 0 radical (unpaired) electrons. The van der Waals surface area contributed by atoms with Crippen molar-refractivity contribution in [2.75, 3.05) is 13.1 Å². The number of carbonyl (C=O) groups excluding carboxylic acids is 1. The number of amides is 1. The van der Waals surface area contributed by atoms with Gasteiger partial charge < -0.3 is 11.1 Å². The molecule has 0 aliphatic carbocycles. The van der Waals surface area contributed by atoms with E-state index in [1.807, 2.05) is 30.3 Å². The molecule has 1 aliphatic heterocycles. The third kappa shape index (κ3) is 3.46. The van der Waals surface area contributed by atoms with E-state index in [0.717, 1.165) is 30.8 Å². The second-order valence-corrected chi connectivity index (χ2v) is 5.43. The Kier molecular flexibility index (Phi) is 5.52. The monoisotopic (exact) mass is 317 g/mol. The van der Waals surface area contributed by atoms with Gasteiger partial charge in [0.05, 0.1) is 5.69 Å². The fourth-order valence-corrected chi connectivity index (χ4v) is 2.90. The Morgan fingerprint density at radius 3 is 2.77 bits per heavy atom. The number of pyridine rings is 1. The molecule has 1 aliphatic rings. The van der Waals surface area contributed by atoms with Gasteiger partial charge in [-0.25, -0.2) is 0 Å². The number of nitrogens with one attached hydrogen (secondary N) is 1. The maximum Gasteiger partial charge on any atom is 0.249 e. The predicted octanol–water partition coefficient (Wildman–Crippen LogP) is 2.74. The fourth-order valence-electron chi connectivity index (χ4n) is 2.90. The van der Waals surface area contributed by atoms with Gasteiger partial charge in [0, 0.05) is 23.9 Å². The molecule has 1 unspecified atom stereocenters. The van der Waals surface area contributed by atoms with Crippen molar-refractivity contribution in [1.29, 1.82) is 0 Å². The van der Waals surface area contributed by atoms with Gasteiger partial charge in [0.15, 0.2) is 0 Å². The van der Waals surface area contributed by atoms with Gasteiger partial charge in [0.1, 0.15) is 0 Å². The van der Waals surface area contributed by atoms with Crippen molar-refractivity contribution < 1.29 is 4.79 Å². The molecule has 1 aromatic carbocycles. The van der Waals surface area contributed by atoms with Crippen molar-refractivity contribution in [3.63, 3.8) is 0 Å². The summed E-state index contributed by atoms with van der Waals surface area (Å²) >= 11 is 0. The van der Waals surface area contributed by atoms with E-state index in [1.54, 1.807) is 6.20 Å². The van der Waals surface area contributed by atoms with E-state index >= 15 is 0 Å². The largest absolute Gasteiger partial charge is 0.366 e. The van der Waals surface area contributed by atoms with Gasteiger partial charge in [-0.15, -0.1) is 12.4 Å². The zero-order valence-corrected chi connectivity index (χ0v) is 13.1. The topological polar surface area (TPSA) is 68.0 Å². The summed E-state index contributed by atoms with van der Waals surface area (Å²) in [5.41, 5.74) is 8.88. The van der Waals surface area contributed by atoms with Crippen LogP contribution >= 0.6 is 12.4 Å². The summed E-state index contributed by atoms with van der Waals surface area (Å²) in [7, 11) is 0. The molecule has 116 valence electrons. The van der Waals surface area contributed by atoms with Crippen molar-refractivity contribution in [3.05, 3.63) is 53.7 Å². The van der Waals surface area contributed by atoms with Crippen LogP contribution in [0.2, 0.25) is 0 Å². The molecule has 0 bridgehead atoms. The first-order valence-electron chi connectivity index (χ1n) is 7.31. The Balaban J connectivity index is 0.00000176. The van der Waals surface area contributed by atoms with E-state index in [1.165, 1.54) is 12.0 Å². The highest BCUT2D eigenvalue weighted by atomic mass is 35.5. The lowest BCUT2D eigenvalue weighted by Gasteiger charge is -2.23. The van der Waals surface area contributed by atoms with Gasteiger partial charge in [-0.2, -0.15) is 0 Å². The second kappa shape index (κ2) is 7.38. The molecular formula is C17H20ClN3O. The number of carbonyl (C=O) groups is 1. The zero-order valence-electron chi connectivity index (χ0n) is 12.3. The molecule has 2 heterocycles. The normalized spacial score (nSPS) is 17.5. The summed E-state index contributed by atoms with van der Waals surface area (Å²) in [6.07, 6.45) is 4.03. The van der Waals surface area contributed by atoms with Crippen LogP contribution in [0.15, 0.2) is 42.6 Å². The molecule has 1 fully saturated rings. The Morgan fingerprint density at radius 1 is 1.27 bits per heavy atom. The van der Waals surface area contributed by atoms with Crippen molar-refractivity contribution in [3.8, 4) is 11.3 Å². The van der Waals surface area contributed by atoms with Gasteiger partial charge in [0.2, 0.25) is 5.91 Å². The number of benzene rings is 1. The maximum absolute atomic E-state index is 11.8. The number of aromatic nitrogens is 1.